The Balaban J connectivity index is 1.68. The largest absolute Gasteiger partial charge is 0.466 e. The molecule has 2 aromatic rings. The molecule has 1 aliphatic heterocycles. The summed E-state index contributed by atoms with van der Waals surface area (Å²) in [5, 5.41) is 5.31. The zero-order valence-electron chi connectivity index (χ0n) is 15.7. The van der Waals surface area contributed by atoms with Gasteiger partial charge in [-0.1, -0.05) is 6.92 Å². The van der Waals surface area contributed by atoms with Crippen molar-refractivity contribution in [2.45, 2.75) is 32.2 Å². The number of nitrogens with one attached hydrogen (secondary N) is 2. The van der Waals surface area contributed by atoms with Gasteiger partial charge in [0.15, 0.2) is 11.3 Å². The van der Waals surface area contributed by atoms with Gasteiger partial charge in [-0.15, -0.1) is 0 Å². The summed E-state index contributed by atoms with van der Waals surface area (Å²) < 4.78 is 5.26. The van der Waals surface area contributed by atoms with Gasteiger partial charge in [0, 0.05) is 17.7 Å². The number of hydrogen-bond acceptors (Lipinski definition) is 5. The Morgan fingerprint density at radius 2 is 1.89 bits per heavy atom. The molecular weight excluding hydrogens is 362 g/mol. The molecule has 0 saturated carbocycles. The second-order valence-corrected chi connectivity index (χ2v) is 6.72. The van der Waals surface area contributed by atoms with Crippen LogP contribution in [-0.2, 0) is 15.1 Å². The van der Waals surface area contributed by atoms with Gasteiger partial charge in [-0.2, -0.15) is 0 Å². The van der Waals surface area contributed by atoms with Crippen molar-refractivity contribution in [3.05, 3.63) is 54.0 Å². The summed E-state index contributed by atoms with van der Waals surface area (Å²) in [7, 11) is 0. The van der Waals surface area contributed by atoms with Crippen molar-refractivity contribution in [3.63, 3.8) is 0 Å². The fourth-order valence-corrected chi connectivity index (χ4v) is 3.00. The second kappa shape index (κ2) is 7.67. The van der Waals surface area contributed by atoms with Crippen molar-refractivity contribution in [1.82, 2.24) is 10.2 Å². The summed E-state index contributed by atoms with van der Waals surface area (Å²) in [6, 6.07) is 8.88. The Bertz CT molecular complexity index is 904. The SMILES string of the molecule is CCCC(=O)Nc1ccc(C(=O)CN2C(=O)NC(C)(c3ccco3)C2=O)cc1. The first-order valence-corrected chi connectivity index (χ1v) is 8.96. The standard InChI is InChI=1S/C20H21N3O5/c1-3-5-17(25)21-14-9-7-13(8-10-14)15(24)12-23-18(26)20(2,22-19(23)27)16-6-4-11-28-16/h4,6-11H,3,5,12H2,1-2H3,(H,21,25)(H,22,27). The molecule has 8 heteroatoms. The predicted octanol–water partition coefficient (Wildman–Crippen LogP) is 2.67. The Morgan fingerprint density at radius 3 is 2.50 bits per heavy atom. The first kappa shape index (κ1) is 19.3. The summed E-state index contributed by atoms with van der Waals surface area (Å²) in [5.74, 6) is -0.742. The molecule has 2 N–H and O–H groups in total. The lowest BCUT2D eigenvalue weighted by atomic mass is 9.99. The molecule has 0 aliphatic carbocycles. The zero-order chi connectivity index (χ0) is 20.3. The van der Waals surface area contributed by atoms with Crippen molar-refractivity contribution in [2.75, 3.05) is 11.9 Å². The van der Waals surface area contributed by atoms with Crippen LogP contribution >= 0.6 is 0 Å². The molecule has 1 fully saturated rings. The molecule has 8 nitrogen and oxygen atoms in total. The number of rotatable bonds is 7. The van der Waals surface area contributed by atoms with E-state index in [1.807, 2.05) is 6.92 Å². The lowest BCUT2D eigenvalue weighted by molar-refractivity contribution is -0.131. The fourth-order valence-electron chi connectivity index (χ4n) is 3.00. The minimum Gasteiger partial charge on any atom is -0.466 e. The number of furan rings is 1. The topological polar surface area (TPSA) is 109 Å². The van der Waals surface area contributed by atoms with E-state index < -0.39 is 23.3 Å². The van der Waals surface area contributed by atoms with E-state index in [4.69, 9.17) is 4.42 Å². The quantitative estimate of drug-likeness (QED) is 0.564. The van der Waals surface area contributed by atoms with Gasteiger partial charge in [-0.25, -0.2) is 4.79 Å². The third-order valence-electron chi connectivity index (χ3n) is 4.56. The maximum absolute atomic E-state index is 12.7. The van der Waals surface area contributed by atoms with Gasteiger partial charge < -0.3 is 15.1 Å². The Kier molecular flexibility index (Phi) is 5.30. The lowest BCUT2D eigenvalue weighted by Crippen LogP contribution is -2.41. The molecule has 0 spiro atoms. The molecule has 0 radical (unpaired) electrons. The van der Waals surface area contributed by atoms with E-state index in [9.17, 15) is 19.2 Å². The van der Waals surface area contributed by atoms with Crippen LogP contribution in [0.25, 0.3) is 0 Å². The Hall–Kier alpha value is -3.42. The summed E-state index contributed by atoms with van der Waals surface area (Å²) in [5.41, 5.74) is -0.426. The number of imide groups is 1. The van der Waals surface area contributed by atoms with E-state index in [2.05, 4.69) is 10.6 Å². The highest BCUT2D eigenvalue weighted by molar-refractivity contribution is 6.11. The molecule has 28 heavy (non-hydrogen) atoms. The maximum Gasteiger partial charge on any atom is 0.325 e. The van der Waals surface area contributed by atoms with Gasteiger partial charge in [0.2, 0.25) is 5.91 Å². The van der Waals surface area contributed by atoms with E-state index in [-0.39, 0.29) is 12.5 Å². The number of carbonyl (C=O) groups is 4. The van der Waals surface area contributed by atoms with Crippen molar-refractivity contribution >= 4 is 29.3 Å². The number of hydrogen-bond donors (Lipinski definition) is 2. The molecular formula is C20H21N3O5. The van der Waals surface area contributed by atoms with Gasteiger partial charge >= 0.3 is 6.03 Å². The summed E-state index contributed by atoms with van der Waals surface area (Å²) >= 11 is 0. The van der Waals surface area contributed by atoms with Crippen LogP contribution in [0.2, 0.25) is 0 Å². The number of carbonyl (C=O) groups excluding carboxylic acids is 4. The number of Topliss-reactive ketones (excluding diaryl/α,β-unsaturated/α-hetero) is 1. The Labute approximate surface area is 161 Å². The maximum atomic E-state index is 12.7. The van der Waals surface area contributed by atoms with Gasteiger partial charge in [0.05, 0.1) is 12.8 Å². The van der Waals surface area contributed by atoms with Crippen molar-refractivity contribution in [2.24, 2.45) is 0 Å². The van der Waals surface area contributed by atoms with Crippen LogP contribution in [0, 0.1) is 0 Å². The van der Waals surface area contributed by atoms with Crippen LogP contribution in [0.1, 0.15) is 42.8 Å². The molecule has 146 valence electrons. The van der Waals surface area contributed by atoms with Crippen molar-refractivity contribution in [3.8, 4) is 0 Å². The molecule has 1 saturated heterocycles. The normalized spacial score (nSPS) is 18.9. The highest BCUT2D eigenvalue weighted by Gasteiger charge is 2.51. The lowest BCUT2D eigenvalue weighted by Gasteiger charge is -2.18. The molecule has 4 amide bonds. The monoisotopic (exact) mass is 383 g/mol. The minimum absolute atomic E-state index is 0.0990. The molecule has 1 unspecified atom stereocenters. The molecule has 1 aromatic carbocycles. The first-order valence-electron chi connectivity index (χ1n) is 8.96. The highest BCUT2D eigenvalue weighted by Crippen LogP contribution is 2.29. The molecule has 1 atom stereocenters. The number of urea groups is 1. The molecule has 2 heterocycles. The molecule has 3 rings (SSSR count). The van der Waals surface area contributed by atoms with Gasteiger partial charge in [0.25, 0.3) is 5.91 Å². The van der Waals surface area contributed by atoms with Crippen LogP contribution in [0.5, 0.6) is 0 Å². The molecule has 1 aliphatic rings. The third kappa shape index (κ3) is 3.66. The van der Waals surface area contributed by atoms with E-state index in [0.717, 1.165) is 11.3 Å². The van der Waals surface area contributed by atoms with Crippen LogP contribution in [0.4, 0.5) is 10.5 Å². The smallest absolute Gasteiger partial charge is 0.325 e. The summed E-state index contributed by atoms with van der Waals surface area (Å²) in [6.45, 7) is 3.06. The van der Waals surface area contributed by atoms with E-state index in [1.165, 1.54) is 13.2 Å². The van der Waals surface area contributed by atoms with E-state index in [1.54, 1.807) is 36.4 Å². The average Bonchev–Trinajstić information content (AvgIpc) is 3.27. The number of ketones is 1. The Morgan fingerprint density at radius 1 is 1.18 bits per heavy atom. The van der Waals surface area contributed by atoms with Gasteiger partial charge in [-0.05, 0) is 49.7 Å². The van der Waals surface area contributed by atoms with E-state index in [0.29, 0.717) is 23.4 Å². The third-order valence-corrected chi connectivity index (χ3v) is 4.56. The predicted molar refractivity (Wildman–Crippen MR) is 101 cm³/mol. The van der Waals surface area contributed by atoms with Crippen molar-refractivity contribution in [1.29, 1.82) is 0 Å². The van der Waals surface area contributed by atoms with E-state index >= 15 is 0 Å². The first-order chi connectivity index (χ1) is 13.3. The number of benzene rings is 1. The summed E-state index contributed by atoms with van der Waals surface area (Å²) in [4.78, 5) is 50.0. The number of anilines is 1. The summed E-state index contributed by atoms with van der Waals surface area (Å²) in [6.07, 6.45) is 2.57. The van der Waals surface area contributed by atoms with Crippen LogP contribution < -0.4 is 10.6 Å². The molecule has 1 aromatic heterocycles. The fraction of sp³-hybridized carbons (Fsp3) is 0.300. The van der Waals surface area contributed by atoms with Crippen LogP contribution in [0.3, 0.4) is 0 Å². The average molecular weight is 383 g/mol. The highest BCUT2D eigenvalue weighted by atomic mass is 16.3. The zero-order valence-corrected chi connectivity index (χ0v) is 15.7. The minimum atomic E-state index is -1.34. The molecule has 0 bridgehead atoms. The van der Waals surface area contributed by atoms with Gasteiger partial charge in [0.1, 0.15) is 5.76 Å². The van der Waals surface area contributed by atoms with Crippen molar-refractivity contribution < 1.29 is 23.6 Å². The van der Waals surface area contributed by atoms with Crippen LogP contribution in [-0.4, -0.2) is 35.1 Å². The van der Waals surface area contributed by atoms with Gasteiger partial charge in [-0.3, -0.25) is 19.3 Å². The number of nitrogens with zero attached hydrogens (tertiary/aromatic N) is 1. The second-order valence-electron chi connectivity index (χ2n) is 6.72. The van der Waals surface area contributed by atoms with Crippen LogP contribution in [0.15, 0.2) is 47.1 Å². The number of amides is 4.